The number of likely N-dealkylation sites (tertiary alicyclic amines) is 1. The fourth-order valence-electron chi connectivity index (χ4n) is 2.60. The summed E-state index contributed by atoms with van der Waals surface area (Å²) >= 11 is 3.48. The average Bonchev–Trinajstić information content (AvgIpc) is 2.65. The molecule has 0 unspecified atom stereocenters. The van der Waals surface area contributed by atoms with Gasteiger partial charge in [-0.2, -0.15) is 0 Å². The molecule has 1 aliphatic heterocycles. The Bertz CT molecular complexity index is 386. The largest absolute Gasteiger partial charge is 0.493 e. The number of ether oxygens (including phenoxy) is 1. The van der Waals surface area contributed by atoms with Gasteiger partial charge in [0, 0.05) is 11.0 Å². The Kier molecular flexibility index (Phi) is 6.18. The van der Waals surface area contributed by atoms with Crippen molar-refractivity contribution >= 4 is 15.9 Å². The van der Waals surface area contributed by atoms with Gasteiger partial charge in [0.05, 0.1) is 6.61 Å². The van der Waals surface area contributed by atoms with Crippen LogP contribution in [0.15, 0.2) is 22.7 Å². The standard InChI is InChI=1S/C16H24BrNO/c1-14-13-15(17)7-8-16(14)19-12-6-11-18-9-4-2-3-5-10-18/h7-8,13H,2-6,9-12H2,1H3. The number of rotatable bonds is 5. The van der Waals surface area contributed by atoms with Crippen molar-refractivity contribution in [3.63, 3.8) is 0 Å². The molecule has 0 bridgehead atoms. The molecule has 106 valence electrons. The zero-order valence-corrected chi connectivity index (χ0v) is 13.4. The minimum absolute atomic E-state index is 0.818. The van der Waals surface area contributed by atoms with E-state index in [9.17, 15) is 0 Å². The molecule has 0 spiro atoms. The van der Waals surface area contributed by atoms with E-state index >= 15 is 0 Å². The van der Waals surface area contributed by atoms with Gasteiger partial charge in [0.1, 0.15) is 5.75 Å². The quantitative estimate of drug-likeness (QED) is 0.744. The van der Waals surface area contributed by atoms with Gasteiger partial charge >= 0.3 is 0 Å². The van der Waals surface area contributed by atoms with Crippen LogP contribution < -0.4 is 4.74 Å². The first-order valence-electron chi connectivity index (χ1n) is 7.37. The summed E-state index contributed by atoms with van der Waals surface area (Å²) in [4.78, 5) is 2.59. The highest BCUT2D eigenvalue weighted by molar-refractivity contribution is 9.10. The van der Waals surface area contributed by atoms with Crippen LogP contribution in [-0.2, 0) is 0 Å². The monoisotopic (exact) mass is 325 g/mol. The van der Waals surface area contributed by atoms with Gasteiger partial charge in [-0.3, -0.25) is 0 Å². The van der Waals surface area contributed by atoms with E-state index in [1.165, 1.54) is 50.9 Å². The van der Waals surface area contributed by atoms with Crippen LogP contribution >= 0.6 is 15.9 Å². The van der Waals surface area contributed by atoms with Crippen LogP contribution in [0, 0.1) is 6.92 Å². The molecule has 2 rings (SSSR count). The van der Waals surface area contributed by atoms with E-state index < -0.39 is 0 Å². The SMILES string of the molecule is Cc1cc(Br)ccc1OCCCN1CCCCCC1. The Morgan fingerprint density at radius 3 is 2.58 bits per heavy atom. The summed E-state index contributed by atoms with van der Waals surface area (Å²) in [5.41, 5.74) is 1.20. The topological polar surface area (TPSA) is 12.5 Å². The third-order valence-electron chi connectivity index (χ3n) is 3.71. The maximum absolute atomic E-state index is 5.87. The van der Waals surface area contributed by atoms with Crippen LogP contribution in [0.4, 0.5) is 0 Å². The molecular formula is C16H24BrNO. The molecule has 1 fully saturated rings. The van der Waals surface area contributed by atoms with Gasteiger partial charge in [0.25, 0.3) is 0 Å². The van der Waals surface area contributed by atoms with Crippen LogP contribution in [0.1, 0.15) is 37.7 Å². The molecule has 0 aromatic heterocycles. The van der Waals surface area contributed by atoms with Gasteiger partial charge in [-0.25, -0.2) is 0 Å². The van der Waals surface area contributed by atoms with Crippen LogP contribution in [0.3, 0.4) is 0 Å². The van der Waals surface area contributed by atoms with E-state index in [1.54, 1.807) is 0 Å². The predicted octanol–water partition coefficient (Wildman–Crippen LogP) is 4.40. The summed E-state index contributed by atoms with van der Waals surface area (Å²) in [5.74, 6) is 1.01. The van der Waals surface area contributed by atoms with E-state index in [1.807, 2.05) is 12.1 Å². The highest BCUT2D eigenvalue weighted by atomic mass is 79.9. The molecule has 0 amide bonds. The van der Waals surface area contributed by atoms with E-state index in [0.29, 0.717) is 0 Å². The molecule has 1 aliphatic rings. The molecule has 1 aromatic rings. The molecule has 19 heavy (non-hydrogen) atoms. The second-order valence-electron chi connectivity index (χ2n) is 5.37. The summed E-state index contributed by atoms with van der Waals surface area (Å²) in [7, 11) is 0. The van der Waals surface area contributed by atoms with Crippen molar-refractivity contribution in [3.8, 4) is 5.75 Å². The first-order valence-corrected chi connectivity index (χ1v) is 8.16. The third-order valence-corrected chi connectivity index (χ3v) is 4.21. The van der Waals surface area contributed by atoms with Gasteiger partial charge < -0.3 is 9.64 Å². The molecular weight excluding hydrogens is 302 g/mol. The van der Waals surface area contributed by atoms with Crippen molar-refractivity contribution in [2.24, 2.45) is 0 Å². The molecule has 0 saturated carbocycles. The van der Waals surface area contributed by atoms with Crippen LogP contribution in [0.5, 0.6) is 5.75 Å². The van der Waals surface area contributed by atoms with Gasteiger partial charge in [0.2, 0.25) is 0 Å². The number of aryl methyl sites for hydroxylation is 1. The maximum atomic E-state index is 5.87. The first kappa shape index (κ1) is 14.9. The Labute approximate surface area is 125 Å². The zero-order valence-electron chi connectivity index (χ0n) is 11.8. The van der Waals surface area contributed by atoms with Crippen molar-refractivity contribution in [1.29, 1.82) is 0 Å². The van der Waals surface area contributed by atoms with Crippen molar-refractivity contribution in [3.05, 3.63) is 28.2 Å². The van der Waals surface area contributed by atoms with Gasteiger partial charge in [-0.05, 0) is 63.0 Å². The highest BCUT2D eigenvalue weighted by Crippen LogP contribution is 2.22. The third kappa shape index (κ3) is 5.15. The molecule has 1 saturated heterocycles. The lowest BCUT2D eigenvalue weighted by Gasteiger charge is -2.19. The normalized spacial score (nSPS) is 17.2. The van der Waals surface area contributed by atoms with Crippen molar-refractivity contribution in [2.75, 3.05) is 26.2 Å². The second kappa shape index (κ2) is 7.91. The fourth-order valence-corrected chi connectivity index (χ4v) is 3.08. The van der Waals surface area contributed by atoms with Gasteiger partial charge in [-0.1, -0.05) is 28.8 Å². The lowest BCUT2D eigenvalue weighted by Crippen LogP contribution is -2.26. The lowest BCUT2D eigenvalue weighted by atomic mass is 10.2. The molecule has 0 atom stereocenters. The fraction of sp³-hybridized carbons (Fsp3) is 0.625. The Hall–Kier alpha value is -0.540. The summed E-state index contributed by atoms with van der Waals surface area (Å²) in [6.45, 7) is 6.64. The van der Waals surface area contributed by atoms with E-state index in [-0.39, 0.29) is 0 Å². The van der Waals surface area contributed by atoms with Gasteiger partial charge in [0.15, 0.2) is 0 Å². The molecule has 1 aromatic carbocycles. The molecule has 0 radical (unpaired) electrons. The lowest BCUT2D eigenvalue weighted by molar-refractivity contribution is 0.239. The van der Waals surface area contributed by atoms with Gasteiger partial charge in [-0.15, -0.1) is 0 Å². The minimum atomic E-state index is 0.818. The summed E-state index contributed by atoms with van der Waals surface area (Å²) < 4.78 is 6.98. The van der Waals surface area contributed by atoms with Crippen molar-refractivity contribution in [1.82, 2.24) is 4.90 Å². The molecule has 0 aliphatic carbocycles. The molecule has 1 heterocycles. The van der Waals surface area contributed by atoms with Crippen LogP contribution in [0.2, 0.25) is 0 Å². The number of nitrogens with zero attached hydrogens (tertiary/aromatic N) is 1. The van der Waals surface area contributed by atoms with E-state index in [2.05, 4.69) is 33.8 Å². The highest BCUT2D eigenvalue weighted by Gasteiger charge is 2.08. The zero-order chi connectivity index (χ0) is 13.5. The van der Waals surface area contributed by atoms with Crippen LogP contribution in [0.25, 0.3) is 0 Å². The van der Waals surface area contributed by atoms with Crippen LogP contribution in [-0.4, -0.2) is 31.1 Å². The number of halogens is 1. The molecule has 0 N–H and O–H groups in total. The summed E-state index contributed by atoms with van der Waals surface area (Å²) in [6, 6.07) is 6.19. The maximum Gasteiger partial charge on any atom is 0.122 e. The van der Waals surface area contributed by atoms with E-state index in [0.717, 1.165) is 23.2 Å². The Morgan fingerprint density at radius 2 is 1.89 bits per heavy atom. The summed E-state index contributed by atoms with van der Waals surface area (Å²) in [5, 5.41) is 0. The number of hydrogen-bond acceptors (Lipinski definition) is 2. The smallest absolute Gasteiger partial charge is 0.122 e. The number of benzene rings is 1. The Morgan fingerprint density at radius 1 is 1.16 bits per heavy atom. The first-order chi connectivity index (χ1) is 9.25. The minimum Gasteiger partial charge on any atom is -0.493 e. The summed E-state index contributed by atoms with van der Waals surface area (Å²) in [6.07, 6.45) is 6.67. The van der Waals surface area contributed by atoms with Crippen molar-refractivity contribution in [2.45, 2.75) is 39.0 Å². The average molecular weight is 326 g/mol. The van der Waals surface area contributed by atoms with E-state index in [4.69, 9.17) is 4.74 Å². The second-order valence-corrected chi connectivity index (χ2v) is 6.28. The van der Waals surface area contributed by atoms with Crippen molar-refractivity contribution < 1.29 is 4.74 Å². The predicted molar refractivity (Wildman–Crippen MR) is 83.9 cm³/mol. The molecule has 3 heteroatoms. The Balaban J connectivity index is 1.68. The molecule has 2 nitrogen and oxygen atoms in total. The number of hydrogen-bond donors (Lipinski definition) is 0.